The second-order valence-corrected chi connectivity index (χ2v) is 3.36. The summed E-state index contributed by atoms with van der Waals surface area (Å²) in [6, 6.07) is 3.58. The second kappa shape index (κ2) is 4.39. The Hall–Kier alpha value is -1.13. The fourth-order valence-electron chi connectivity index (χ4n) is 1.08. The van der Waals surface area contributed by atoms with Crippen LogP contribution in [-0.4, -0.2) is 5.91 Å². The van der Waals surface area contributed by atoms with E-state index in [0.717, 1.165) is 0 Å². The highest BCUT2D eigenvalue weighted by Gasteiger charge is 2.11. The van der Waals surface area contributed by atoms with Crippen LogP contribution in [0, 0.1) is 5.82 Å². The van der Waals surface area contributed by atoms with Gasteiger partial charge in [-0.1, -0.05) is 17.7 Å². The minimum absolute atomic E-state index is 0.0128. The van der Waals surface area contributed by atoms with Crippen molar-refractivity contribution in [2.45, 2.75) is 12.5 Å². The average molecular weight is 217 g/mol. The van der Waals surface area contributed by atoms with Crippen LogP contribution in [0.2, 0.25) is 5.02 Å². The molecule has 3 nitrogen and oxygen atoms in total. The first-order chi connectivity index (χ1) is 6.50. The van der Waals surface area contributed by atoms with Gasteiger partial charge in [0, 0.05) is 12.5 Å². The molecule has 1 unspecified atom stereocenters. The Balaban J connectivity index is 2.85. The number of hydrogen-bond acceptors (Lipinski definition) is 2. The predicted octanol–water partition coefficient (Wildman–Crippen LogP) is 1.35. The van der Waals surface area contributed by atoms with Crippen LogP contribution in [0.15, 0.2) is 18.2 Å². The molecule has 1 rings (SSSR count). The van der Waals surface area contributed by atoms with Crippen molar-refractivity contribution in [2.75, 3.05) is 0 Å². The average Bonchev–Trinajstić information content (AvgIpc) is 2.08. The van der Waals surface area contributed by atoms with Gasteiger partial charge < -0.3 is 11.5 Å². The van der Waals surface area contributed by atoms with Gasteiger partial charge in [-0.25, -0.2) is 4.39 Å². The summed E-state index contributed by atoms with van der Waals surface area (Å²) in [5, 5.41) is 0.0278. The SMILES string of the molecule is NC(=O)CC(N)c1ccc(Cl)c(F)c1. The topological polar surface area (TPSA) is 69.1 Å². The third-order valence-corrected chi connectivity index (χ3v) is 2.10. The third-order valence-electron chi connectivity index (χ3n) is 1.79. The van der Waals surface area contributed by atoms with E-state index < -0.39 is 17.8 Å². The van der Waals surface area contributed by atoms with Crippen LogP contribution in [0.5, 0.6) is 0 Å². The second-order valence-electron chi connectivity index (χ2n) is 2.95. The van der Waals surface area contributed by atoms with Crippen molar-refractivity contribution in [1.82, 2.24) is 0 Å². The van der Waals surface area contributed by atoms with Crippen molar-refractivity contribution in [3.8, 4) is 0 Å². The Kier molecular flexibility index (Phi) is 3.43. The first-order valence-corrected chi connectivity index (χ1v) is 4.37. The number of nitrogens with two attached hydrogens (primary N) is 2. The van der Waals surface area contributed by atoms with E-state index in [-0.39, 0.29) is 11.4 Å². The van der Waals surface area contributed by atoms with Gasteiger partial charge in [0.1, 0.15) is 5.82 Å². The summed E-state index contributed by atoms with van der Waals surface area (Å²) in [6.45, 7) is 0. The lowest BCUT2D eigenvalue weighted by Gasteiger charge is -2.09. The van der Waals surface area contributed by atoms with Crippen LogP contribution in [0.3, 0.4) is 0 Å². The molecule has 0 saturated carbocycles. The summed E-state index contributed by atoms with van der Waals surface area (Å²) in [5.74, 6) is -1.07. The van der Waals surface area contributed by atoms with Crippen molar-refractivity contribution in [3.05, 3.63) is 34.6 Å². The van der Waals surface area contributed by atoms with E-state index in [4.69, 9.17) is 23.1 Å². The number of primary amides is 1. The van der Waals surface area contributed by atoms with Crippen molar-refractivity contribution in [2.24, 2.45) is 11.5 Å². The molecule has 0 aliphatic rings. The maximum Gasteiger partial charge on any atom is 0.219 e. The molecule has 4 N–H and O–H groups in total. The summed E-state index contributed by atoms with van der Waals surface area (Å²) < 4.78 is 13.0. The number of hydrogen-bond donors (Lipinski definition) is 2. The molecule has 0 spiro atoms. The Morgan fingerprint density at radius 1 is 1.57 bits per heavy atom. The van der Waals surface area contributed by atoms with Crippen LogP contribution >= 0.6 is 11.6 Å². The number of halogens is 2. The smallest absolute Gasteiger partial charge is 0.219 e. The van der Waals surface area contributed by atoms with E-state index in [0.29, 0.717) is 5.56 Å². The van der Waals surface area contributed by atoms with Gasteiger partial charge in [0.2, 0.25) is 5.91 Å². The lowest BCUT2D eigenvalue weighted by atomic mass is 10.0. The van der Waals surface area contributed by atoms with Gasteiger partial charge in [0.15, 0.2) is 0 Å². The van der Waals surface area contributed by atoms with Gasteiger partial charge in [-0.15, -0.1) is 0 Å². The Morgan fingerprint density at radius 3 is 2.71 bits per heavy atom. The molecule has 5 heteroatoms. The quantitative estimate of drug-likeness (QED) is 0.801. The highest BCUT2D eigenvalue weighted by atomic mass is 35.5. The van der Waals surface area contributed by atoms with E-state index in [9.17, 15) is 9.18 Å². The summed E-state index contributed by atoms with van der Waals surface area (Å²) in [4.78, 5) is 10.6. The maximum absolute atomic E-state index is 13.0. The molecule has 1 aromatic carbocycles. The first-order valence-electron chi connectivity index (χ1n) is 3.99. The standard InChI is InChI=1S/C9H10ClFN2O/c10-6-2-1-5(3-7(6)11)8(12)4-9(13)14/h1-3,8H,4,12H2,(H2,13,14). The number of benzene rings is 1. The van der Waals surface area contributed by atoms with E-state index in [1.165, 1.54) is 12.1 Å². The van der Waals surface area contributed by atoms with E-state index in [1.807, 2.05) is 0 Å². The van der Waals surface area contributed by atoms with Gasteiger partial charge in [-0.05, 0) is 17.7 Å². The number of rotatable bonds is 3. The first kappa shape index (κ1) is 10.9. The third kappa shape index (κ3) is 2.68. The summed E-state index contributed by atoms with van der Waals surface area (Å²) >= 11 is 5.48. The molecule has 0 aromatic heterocycles. The lowest BCUT2D eigenvalue weighted by Crippen LogP contribution is -2.20. The minimum atomic E-state index is -0.584. The largest absolute Gasteiger partial charge is 0.370 e. The van der Waals surface area contributed by atoms with Gasteiger partial charge in [-0.2, -0.15) is 0 Å². The molecule has 76 valence electrons. The number of carbonyl (C=O) groups excluding carboxylic acids is 1. The van der Waals surface area contributed by atoms with Crippen molar-refractivity contribution in [3.63, 3.8) is 0 Å². The fourth-order valence-corrected chi connectivity index (χ4v) is 1.20. The van der Waals surface area contributed by atoms with Gasteiger partial charge in [-0.3, -0.25) is 4.79 Å². The molecule has 0 saturated heterocycles. The van der Waals surface area contributed by atoms with E-state index >= 15 is 0 Å². The summed E-state index contributed by atoms with van der Waals surface area (Å²) in [5.41, 5.74) is 11.1. The van der Waals surface area contributed by atoms with E-state index in [2.05, 4.69) is 0 Å². The van der Waals surface area contributed by atoms with Crippen LogP contribution < -0.4 is 11.5 Å². The molecule has 14 heavy (non-hydrogen) atoms. The highest BCUT2D eigenvalue weighted by molar-refractivity contribution is 6.30. The highest BCUT2D eigenvalue weighted by Crippen LogP contribution is 2.20. The fraction of sp³-hybridized carbons (Fsp3) is 0.222. The zero-order chi connectivity index (χ0) is 10.7. The Morgan fingerprint density at radius 2 is 2.21 bits per heavy atom. The molecular weight excluding hydrogens is 207 g/mol. The normalized spacial score (nSPS) is 12.5. The van der Waals surface area contributed by atoms with Crippen LogP contribution in [0.25, 0.3) is 0 Å². The predicted molar refractivity (Wildman–Crippen MR) is 52.1 cm³/mol. The van der Waals surface area contributed by atoms with Crippen molar-refractivity contribution in [1.29, 1.82) is 0 Å². The molecule has 1 aromatic rings. The monoisotopic (exact) mass is 216 g/mol. The van der Waals surface area contributed by atoms with Crippen molar-refractivity contribution < 1.29 is 9.18 Å². The van der Waals surface area contributed by atoms with Crippen molar-refractivity contribution >= 4 is 17.5 Å². The molecule has 0 radical (unpaired) electrons. The molecule has 0 bridgehead atoms. The zero-order valence-electron chi connectivity index (χ0n) is 7.34. The molecule has 0 aliphatic carbocycles. The number of carbonyl (C=O) groups is 1. The maximum atomic E-state index is 13.0. The molecule has 0 heterocycles. The Bertz CT molecular complexity index is 357. The van der Waals surface area contributed by atoms with Gasteiger partial charge >= 0.3 is 0 Å². The molecule has 0 aliphatic heterocycles. The van der Waals surface area contributed by atoms with Gasteiger partial charge in [0.05, 0.1) is 5.02 Å². The summed E-state index contributed by atoms with van der Waals surface area (Å²) in [6.07, 6.45) is -0.0128. The summed E-state index contributed by atoms with van der Waals surface area (Å²) in [7, 11) is 0. The number of amides is 1. The van der Waals surface area contributed by atoms with Crippen LogP contribution in [0.4, 0.5) is 4.39 Å². The van der Waals surface area contributed by atoms with Crippen LogP contribution in [-0.2, 0) is 4.79 Å². The Labute approximate surface area is 85.8 Å². The molecular formula is C9H10ClFN2O. The molecule has 1 atom stereocenters. The lowest BCUT2D eigenvalue weighted by molar-refractivity contribution is -0.118. The van der Waals surface area contributed by atoms with Gasteiger partial charge in [0.25, 0.3) is 0 Å². The minimum Gasteiger partial charge on any atom is -0.370 e. The molecule has 0 fully saturated rings. The zero-order valence-corrected chi connectivity index (χ0v) is 8.09. The van der Waals surface area contributed by atoms with E-state index in [1.54, 1.807) is 6.07 Å². The molecule has 1 amide bonds. The van der Waals surface area contributed by atoms with Crippen LogP contribution in [0.1, 0.15) is 18.0 Å².